The number of benzene rings is 1. The van der Waals surface area contributed by atoms with Crippen LogP contribution in [0.5, 0.6) is 0 Å². The highest BCUT2D eigenvalue weighted by atomic mass is 14.6. The topological polar surface area (TPSA) is 49.8 Å². The van der Waals surface area contributed by atoms with E-state index in [0.29, 0.717) is 12.2 Å². The van der Waals surface area contributed by atoms with Crippen molar-refractivity contribution in [2.24, 2.45) is 5.73 Å². The molecule has 0 amide bonds. The van der Waals surface area contributed by atoms with Gasteiger partial charge in [-0.2, -0.15) is 0 Å². The molecule has 0 unspecified atom stereocenters. The summed E-state index contributed by atoms with van der Waals surface area (Å²) in [7, 11) is 0. The molecule has 0 saturated carbocycles. The Balaban J connectivity index is 2.94. The summed E-state index contributed by atoms with van der Waals surface area (Å²) in [6.45, 7) is 0.521. The molecule has 0 spiro atoms. The van der Waals surface area contributed by atoms with Crippen molar-refractivity contribution in [3.63, 3.8) is 0 Å². The maximum atomic E-state index is 7.18. The summed E-state index contributed by atoms with van der Waals surface area (Å²) in [4.78, 5) is 0. The van der Waals surface area contributed by atoms with Crippen LogP contribution in [-0.4, -0.2) is 0 Å². The zero-order chi connectivity index (χ0) is 6.69. The second kappa shape index (κ2) is 2.51. The highest BCUT2D eigenvalue weighted by Gasteiger charge is 1.87. The summed E-state index contributed by atoms with van der Waals surface area (Å²) < 4.78 is 0. The van der Waals surface area contributed by atoms with Gasteiger partial charge in [-0.3, -0.25) is 0 Å². The first-order chi connectivity index (χ1) is 4.33. The minimum absolute atomic E-state index is 0.521. The van der Waals surface area contributed by atoms with Crippen molar-refractivity contribution in [1.29, 1.82) is 0 Å². The quantitative estimate of drug-likeness (QED) is 0.593. The van der Waals surface area contributed by atoms with Crippen LogP contribution in [0.15, 0.2) is 24.3 Å². The molecule has 0 fully saturated rings. The highest BCUT2D eigenvalue weighted by Crippen LogP contribution is 2.06. The largest absolute Gasteiger partial charge is 0.326 e. The summed E-state index contributed by atoms with van der Waals surface area (Å²) in [5.74, 6) is 0. The van der Waals surface area contributed by atoms with Crippen molar-refractivity contribution in [2.45, 2.75) is 6.54 Å². The monoisotopic (exact) mass is 121 g/mol. The normalized spacial score (nSPS) is 9.44. The molecule has 1 aromatic rings. The van der Waals surface area contributed by atoms with Crippen molar-refractivity contribution < 1.29 is 0 Å². The van der Waals surface area contributed by atoms with E-state index >= 15 is 0 Å². The molecule has 9 heavy (non-hydrogen) atoms. The Morgan fingerprint density at radius 2 is 2.22 bits per heavy atom. The predicted molar refractivity (Wildman–Crippen MR) is 37.1 cm³/mol. The molecule has 47 valence electrons. The van der Waals surface area contributed by atoms with Crippen LogP contribution in [0.3, 0.4) is 0 Å². The van der Waals surface area contributed by atoms with Gasteiger partial charge in [0, 0.05) is 6.54 Å². The van der Waals surface area contributed by atoms with E-state index in [1.807, 2.05) is 12.1 Å². The second-order valence-electron chi connectivity index (χ2n) is 1.90. The van der Waals surface area contributed by atoms with Crippen LogP contribution in [0, 0.1) is 0 Å². The van der Waals surface area contributed by atoms with Crippen LogP contribution in [0.4, 0.5) is 5.69 Å². The Bertz CT molecular complexity index is 196. The Hall–Kier alpha value is -1.02. The van der Waals surface area contributed by atoms with Gasteiger partial charge in [0.1, 0.15) is 0 Å². The number of hydrogen-bond donors (Lipinski definition) is 1. The molecule has 0 aliphatic carbocycles. The van der Waals surface area contributed by atoms with Crippen LogP contribution in [0.2, 0.25) is 0 Å². The lowest BCUT2D eigenvalue weighted by molar-refractivity contribution is 1.07. The van der Waals surface area contributed by atoms with E-state index in [1.165, 1.54) is 0 Å². The minimum Gasteiger partial charge on any atom is -0.326 e. The van der Waals surface area contributed by atoms with Gasteiger partial charge in [-0.25, -0.2) is 0 Å². The zero-order valence-corrected chi connectivity index (χ0v) is 5.09. The van der Waals surface area contributed by atoms with Crippen molar-refractivity contribution in [1.82, 2.24) is 5.73 Å². The molecule has 0 aliphatic heterocycles. The fourth-order valence-corrected chi connectivity index (χ4v) is 0.698. The molecule has 1 rings (SSSR count). The summed E-state index contributed by atoms with van der Waals surface area (Å²) in [5.41, 5.74) is 14.1. The SMILES string of the molecule is [NH]c1cccc(CN)c1. The summed E-state index contributed by atoms with van der Waals surface area (Å²) in [6.07, 6.45) is 0. The van der Waals surface area contributed by atoms with Crippen molar-refractivity contribution >= 4 is 5.69 Å². The fraction of sp³-hybridized carbons (Fsp3) is 0.143. The molecule has 0 heterocycles. The van der Waals surface area contributed by atoms with Gasteiger partial charge in [0.05, 0.1) is 5.69 Å². The average Bonchev–Trinajstić information content (AvgIpc) is 1.88. The Kier molecular flexibility index (Phi) is 1.70. The molecule has 2 heteroatoms. The van der Waals surface area contributed by atoms with Gasteiger partial charge < -0.3 is 11.5 Å². The third kappa shape index (κ3) is 1.44. The van der Waals surface area contributed by atoms with Gasteiger partial charge in [0.2, 0.25) is 0 Å². The first-order valence-electron chi connectivity index (χ1n) is 2.83. The van der Waals surface area contributed by atoms with E-state index in [9.17, 15) is 0 Å². The van der Waals surface area contributed by atoms with Gasteiger partial charge in [-0.15, -0.1) is 0 Å². The van der Waals surface area contributed by atoms with Gasteiger partial charge >= 0.3 is 0 Å². The molecule has 3 N–H and O–H groups in total. The molecule has 0 aromatic heterocycles. The maximum Gasteiger partial charge on any atom is 0.0543 e. The van der Waals surface area contributed by atoms with Crippen LogP contribution in [0.1, 0.15) is 5.56 Å². The molecule has 1 radical (unpaired) electrons. The number of nitrogens with one attached hydrogen (secondary N) is 1. The van der Waals surface area contributed by atoms with Crippen molar-refractivity contribution in [2.75, 3.05) is 0 Å². The smallest absolute Gasteiger partial charge is 0.0543 e. The summed E-state index contributed by atoms with van der Waals surface area (Å²) in [5, 5.41) is 0. The van der Waals surface area contributed by atoms with Gasteiger partial charge in [0.25, 0.3) is 0 Å². The van der Waals surface area contributed by atoms with Crippen LogP contribution in [0.25, 0.3) is 0 Å². The highest BCUT2D eigenvalue weighted by molar-refractivity contribution is 5.36. The predicted octanol–water partition coefficient (Wildman–Crippen LogP) is 1.06. The van der Waals surface area contributed by atoms with Gasteiger partial charge in [-0.1, -0.05) is 12.1 Å². The van der Waals surface area contributed by atoms with Crippen LogP contribution < -0.4 is 11.5 Å². The van der Waals surface area contributed by atoms with E-state index in [4.69, 9.17) is 11.5 Å². The Morgan fingerprint density at radius 1 is 1.44 bits per heavy atom. The Morgan fingerprint density at radius 3 is 2.67 bits per heavy atom. The molecular weight excluding hydrogens is 112 g/mol. The minimum atomic E-state index is 0.521. The van der Waals surface area contributed by atoms with Gasteiger partial charge in [-0.05, 0) is 17.7 Å². The summed E-state index contributed by atoms with van der Waals surface area (Å²) in [6, 6.07) is 7.25. The standard InChI is InChI=1S/C7H9N2/c8-5-6-2-1-3-7(9)4-6/h1-4,9H,5,8H2. The average molecular weight is 121 g/mol. The molecule has 0 bridgehead atoms. The lowest BCUT2D eigenvalue weighted by atomic mass is 10.2. The molecule has 0 aliphatic rings. The zero-order valence-electron chi connectivity index (χ0n) is 5.09. The number of nitrogens with two attached hydrogens (primary N) is 1. The third-order valence-corrected chi connectivity index (χ3v) is 1.16. The number of rotatable bonds is 1. The van der Waals surface area contributed by atoms with E-state index in [0.717, 1.165) is 5.56 Å². The molecule has 2 nitrogen and oxygen atoms in total. The summed E-state index contributed by atoms with van der Waals surface area (Å²) >= 11 is 0. The van der Waals surface area contributed by atoms with E-state index in [1.54, 1.807) is 12.1 Å². The first-order valence-corrected chi connectivity index (χ1v) is 2.83. The number of hydrogen-bond acceptors (Lipinski definition) is 1. The third-order valence-electron chi connectivity index (χ3n) is 1.16. The first kappa shape index (κ1) is 6.11. The van der Waals surface area contributed by atoms with Crippen LogP contribution >= 0.6 is 0 Å². The van der Waals surface area contributed by atoms with Crippen molar-refractivity contribution in [3.05, 3.63) is 29.8 Å². The molecule has 0 saturated heterocycles. The van der Waals surface area contributed by atoms with E-state index in [2.05, 4.69) is 0 Å². The molecule has 1 aromatic carbocycles. The van der Waals surface area contributed by atoms with Gasteiger partial charge in [0.15, 0.2) is 0 Å². The second-order valence-corrected chi connectivity index (χ2v) is 1.90. The van der Waals surface area contributed by atoms with Crippen LogP contribution in [-0.2, 0) is 6.54 Å². The molecule has 0 atom stereocenters. The Labute approximate surface area is 54.5 Å². The van der Waals surface area contributed by atoms with E-state index < -0.39 is 0 Å². The fourth-order valence-electron chi connectivity index (χ4n) is 0.698. The maximum absolute atomic E-state index is 7.18. The molecular formula is C7H9N2. The lowest BCUT2D eigenvalue weighted by Crippen LogP contribution is -1.94. The van der Waals surface area contributed by atoms with E-state index in [-0.39, 0.29) is 0 Å². The lowest BCUT2D eigenvalue weighted by Gasteiger charge is -1.94. The van der Waals surface area contributed by atoms with Crippen molar-refractivity contribution in [3.8, 4) is 0 Å².